The summed E-state index contributed by atoms with van der Waals surface area (Å²) in [5, 5.41) is 5.38. The van der Waals surface area contributed by atoms with Crippen molar-refractivity contribution in [3.8, 4) is 0 Å². The van der Waals surface area contributed by atoms with Gasteiger partial charge in [-0.2, -0.15) is 0 Å². The third kappa shape index (κ3) is 3.08. The second-order valence-corrected chi connectivity index (χ2v) is 4.91. The van der Waals surface area contributed by atoms with E-state index in [0.717, 1.165) is 12.1 Å². The van der Waals surface area contributed by atoms with Crippen molar-refractivity contribution in [3.05, 3.63) is 12.3 Å². The number of carbonyl (C=O) groups is 2. The van der Waals surface area contributed by atoms with E-state index in [1.807, 2.05) is 20.8 Å². The first-order valence-electron chi connectivity index (χ1n) is 5.10. The molecule has 4 nitrogen and oxygen atoms in total. The first-order valence-corrected chi connectivity index (χ1v) is 5.10. The highest BCUT2D eigenvalue weighted by Crippen LogP contribution is 2.16. The SMILES string of the molecule is C=C1CCC(NC(=O)C(C)(C)C)C(=O)N1. The highest BCUT2D eigenvalue weighted by molar-refractivity contribution is 5.90. The molecule has 1 aliphatic heterocycles. The standard InChI is InChI=1S/C11H18N2O2/c1-7-5-6-8(9(14)12-7)13-10(15)11(2,3)4/h8H,1,5-6H2,2-4H3,(H,12,14)(H,13,15). The largest absolute Gasteiger partial charge is 0.344 e. The average Bonchev–Trinajstić information content (AvgIpc) is 2.08. The minimum absolute atomic E-state index is 0.102. The molecule has 1 atom stereocenters. The van der Waals surface area contributed by atoms with Crippen molar-refractivity contribution >= 4 is 11.8 Å². The molecule has 0 aliphatic carbocycles. The van der Waals surface area contributed by atoms with Gasteiger partial charge in [0.05, 0.1) is 0 Å². The number of carbonyl (C=O) groups excluding carboxylic acids is 2. The van der Waals surface area contributed by atoms with Gasteiger partial charge in [0.2, 0.25) is 11.8 Å². The van der Waals surface area contributed by atoms with Gasteiger partial charge in [-0.15, -0.1) is 0 Å². The van der Waals surface area contributed by atoms with Crippen LogP contribution in [0.2, 0.25) is 0 Å². The van der Waals surface area contributed by atoms with Gasteiger partial charge in [-0.25, -0.2) is 0 Å². The van der Waals surface area contributed by atoms with Crippen LogP contribution in [0.1, 0.15) is 33.6 Å². The minimum atomic E-state index is -0.464. The number of piperidine rings is 1. The monoisotopic (exact) mass is 210 g/mol. The second kappa shape index (κ2) is 4.04. The van der Waals surface area contributed by atoms with Gasteiger partial charge in [0, 0.05) is 11.1 Å². The normalized spacial score (nSPS) is 22.2. The summed E-state index contributed by atoms with van der Waals surface area (Å²) in [6.07, 6.45) is 1.35. The van der Waals surface area contributed by atoms with Crippen LogP contribution >= 0.6 is 0 Å². The van der Waals surface area contributed by atoms with Crippen LogP contribution in [0.4, 0.5) is 0 Å². The maximum Gasteiger partial charge on any atom is 0.246 e. The van der Waals surface area contributed by atoms with Crippen LogP contribution < -0.4 is 10.6 Å². The number of amides is 2. The van der Waals surface area contributed by atoms with Crippen molar-refractivity contribution in [3.63, 3.8) is 0 Å². The van der Waals surface area contributed by atoms with E-state index in [0.29, 0.717) is 6.42 Å². The first-order chi connectivity index (χ1) is 6.80. The van der Waals surface area contributed by atoms with Crippen LogP contribution in [-0.2, 0) is 9.59 Å². The second-order valence-electron chi connectivity index (χ2n) is 4.91. The molecule has 4 heteroatoms. The number of rotatable bonds is 1. The van der Waals surface area contributed by atoms with Crippen molar-refractivity contribution in [2.45, 2.75) is 39.7 Å². The highest BCUT2D eigenvalue weighted by Gasteiger charge is 2.29. The number of hydrogen-bond donors (Lipinski definition) is 2. The van der Waals surface area contributed by atoms with E-state index in [9.17, 15) is 9.59 Å². The molecule has 1 rings (SSSR count). The van der Waals surface area contributed by atoms with E-state index in [4.69, 9.17) is 0 Å². The van der Waals surface area contributed by atoms with Crippen molar-refractivity contribution in [2.75, 3.05) is 0 Å². The van der Waals surface area contributed by atoms with Crippen molar-refractivity contribution in [1.29, 1.82) is 0 Å². The molecule has 2 amide bonds. The summed E-state index contributed by atoms with van der Waals surface area (Å²) in [7, 11) is 0. The van der Waals surface area contributed by atoms with E-state index < -0.39 is 11.5 Å². The Morgan fingerprint density at radius 1 is 1.53 bits per heavy atom. The molecule has 1 fully saturated rings. The maximum atomic E-state index is 11.6. The van der Waals surface area contributed by atoms with Crippen LogP contribution in [0.15, 0.2) is 12.3 Å². The minimum Gasteiger partial charge on any atom is -0.344 e. The van der Waals surface area contributed by atoms with Crippen LogP contribution in [0.25, 0.3) is 0 Å². The lowest BCUT2D eigenvalue weighted by atomic mass is 9.94. The molecule has 0 saturated carbocycles. The molecule has 15 heavy (non-hydrogen) atoms. The van der Waals surface area contributed by atoms with Crippen LogP contribution in [0, 0.1) is 5.41 Å². The Balaban J connectivity index is 2.56. The van der Waals surface area contributed by atoms with E-state index in [1.54, 1.807) is 0 Å². The van der Waals surface area contributed by atoms with E-state index in [2.05, 4.69) is 17.2 Å². The van der Waals surface area contributed by atoms with Crippen LogP contribution in [0.3, 0.4) is 0 Å². The molecule has 0 aromatic carbocycles. The van der Waals surface area contributed by atoms with Gasteiger partial charge in [-0.1, -0.05) is 27.4 Å². The van der Waals surface area contributed by atoms with Gasteiger partial charge in [-0.05, 0) is 12.8 Å². The summed E-state index contributed by atoms with van der Waals surface area (Å²) in [5.41, 5.74) is 0.260. The molecule has 0 aromatic rings. The Kier molecular flexibility index (Phi) is 3.17. The highest BCUT2D eigenvalue weighted by atomic mass is 16.2. The zero-order valence-electron chi connectivity index (χ0n) is 9.52. The van der Waals surface area contributed by atoms with Gasteiger partial charge >= 0.3 is 0 Å². The summed E-state index contributed by atoms with van der Waals surface area (Å²) >= 11 is 0. The van der Waals surface area contributed by atoms with Gasteiger partial charge in [0.1, 0.15) is 6.04 Å². The summed E-state index contributed by atoms with van der Waals surface area (Å²) in [6, 6.07) is -0.415. The lowest BCUT2D eigenvalue weighted by Crippen LogP contribution is -2.51. The Labute approximate surface area is 90.1 Å². The molecule has 0 spiro atoms. The van der Waals surface area contributed by atoms with Gasteiger partial charge < -0.3 is 10.6 Å². The average molecular weight is 210 g/mol. The van der Waals surface area contributed by atoms with Crippen molar-refractivity contribution in [1.82, 2.24) is 10.6 Å². The van der Waals surface area contributed by atoms with Crippen LogP contribution in [0.5, 0.6) is 0 Å². The quantitative estimate of drug-likeness (QED) is 0.676. The van der Waals surface area contributed by atoms with E-state index in [-0.39, 0.29) is 11.8 Å². The van der Waals surface area contributed by atoms with Gasteiger partial charge in [-0.3, -0.25) is 9.59 Å². The first kappa shape index (κ1) is 11.8. The molecule has 0 radical (unpaired) electrons. The molecule has 1 saturated heterocycles. The number of allylic oxidation sites excluding steroid dienone is 1. The molecular weight excluding hydrogens is 192 g/mol. The summed E-state index contributed by atoms with van der Waals surface area (Å²) in [6.45, 7) is 9.15. The Morgan fingerprint density at radius 3 is 2.60 bits per heavy atom. The molecule has 0 bridgehead atoms. The van der Waals surface area contributed by atoms with E-state index >= 15 is 0 Å². The Morgan fingerprint density at radius 2 is 2.13 bits per heavy atom. The van der Waals surface area contributed by atoms with Crippen LogP contribution in [-0.4, -0.2) is 17.9 Å². The number of nitrogens with one attached hydrogen (secondary N) is 2. The molecule has 1 heterocycles. The topological polar surface area (TPSA) is 58.2 Å². The number of hydrogen-bond acceptors (Lipinski definition) is 2. The fourth-order valence-electron chi connectivity index (χ4n) is 1.29. The molecule has 1 aliphatic rings. The third-order valence-electron chi connectivity index (χ3n) is 2.34. The third-order valence-corrected chi connectivity index (χ3v) is 2.34. The lowest BCUT2D eigenvalue weighted by Gasteiger charge is -2.27. The zero-order valence-corrected chi connectivity index (χ0v) is 9.52. The lowest BCUT2D eigenvalue weighted by molar-refractivity contribution is -0.133. The molecule has 0 aromatic heterocycles. The maximum absolute atomic E-state index is 11.6. The predicted octanol–water partition coefficient (Wildman–Crippen LogP) is 0.941. The molecule has 84 valence electrons. The van der Waals surface area contributed by atoms with Crippen molar-refractivity contribution < 1.29 is 9.59 Å². The molecule has 1 unspecified atom stereocenters. The van der Waals surface area contributed by atoms with Crippen molar-refractivity contribution in [2.24, 2.45) is 5.41 Å². The zero-order chi connectivity index (χ0) is 11.6. The fraction of sp³-hybridized carbons (Fsp3) is 0.636. The fourth-order valence-corrected chi connectivity index (χ4v) is 1.29. The summed E-state index contributed by atoms with van der Waals surface area (Å²) < 4.78 is 0. The summed E-state index contributed by atoms with van der Waals surface area (Å²) in [5.74, 6) is -0.265. The summed E-state index contributed by atoms with van der Waals surface area (Å²) in [4.78, 5) is 23.1. The predicted molar refractivity (Wildman–Crippen MR) is 57.9 cm³/mol. The Bertz CT molecular complexity index is 302. The molecular formula is C11H18N2O2. The Hall–Kier alpha value is -1.32. The molecule has 2 N–H and O–H groups in total. The van der Waals surface area contributed by atoms with Gasteiger partial charge in [0.25, 0.3) is 0 Å². The smallest absolute Gasteiger partial charge is 0.246 e. The van der Waals surface area contributed by atoms with Gasteiger partial charge in [0.15, 0.2) is 0 Å². The van der Waals surface area contributed by atoms with E-state index in [1.165, 1.54) is 0 Å².